The lowest BCUT2D eigenvalue weighted by molar-refractivity contribution is -0.131. The third kappa shape index (κ3) is 2.87. The first kappa shape index (κ1) is 15.4. The number of anilines is 1. The Kier molecular flexibility index (Phi) is 4.06. The minimum absolute atomic E-state index is 0.324. The number of urea groups is 2. The van der Waals surface area contributed by atoms with Crippen molar-refractivity contribution in [3.8, 4) is 0 Å². The van der Waals surface area contributed by atoms with Gasteiger partial charge in [-0.3, -0.25) is 24.7 Å². The first-order chi connectivity index (χ1) is 10.3. The summed E-state index contributed by atoms with van der Waals surface area (Å²) in [5.74, 6) is -1.96. The summed E-state index contributed by atoms with van der Waals surface area (Å²) in [4.78, 5) is 48.2. The van der Waals surface area contributed by atoms with Crippen LogP contribution in [0.15, 0.2) is 24.3 Å². The van der Waals surface area contributed by atoms with Crippen molar-refractivity contribution in [3.63, 3.8) is 0 Å². The minimum Gasteiger partial charge on any atom is -0.351 e. The molecule has 1 saturated heterocycles. The third-order valence-corrected chi connectivity index (χ3v) is 3.12. The van der Waals surface area contributed by atoms with Gasteiger partial charge in [0.25, 0.3) is 5.91 Å². The molecule has 0 aromatic heterocycles. The van der Waals surface area contributed by atoms with Crippen LogP contribution < -0.4 is 16.0 Å². The van der Waals surface area contributed by atoms with Crippen LogP contribution in [0.25, 0.3) is 0 Å². The second-order valence-corrected chi connectivity index (χ2v) is 4.64. The van der Waals surface area contributed by atoms with Crippen molar-refractivity contribution < 1.29 is 23.6 Å². The van der Waals surface area contributed by atoms with E-state index < -0.39 is 42.3 Å². The lowest BCUT2D eigenvalue weighted by atomic mass is 10.2. The SMILES string of the molecule is CC1C(=O)N(CC(=O)NC(N)=O)C(=O)N1c1ccc(F)cc1. The Morgan fingerprint density at radius 1 is 1.27 bits per heavy atom. The first-order valence-corrected chi connectivity index (χ1v) is 6.30. The van der Waals surface area contributed by atoms with Gasteiger partial charge in [0.2, 0.25) is 5.91 Å². The van der Waals surface area contributed by atoms with Crippen LogP contribution in [-0.2, 0) is 9.59 Å². The second kappa shape index (κ2) is 5.80. The van der Waals surface area contributed by atoms with Crippen molar-refractivity contribution in [3.05, 3.63) is 30.1 Å². The van der Waals surface area contributed by atoms with Crippen molar-refractivity contribution in [2.75, 3.05) is 11.4 Å². The molecular weight excluding hydrogens is 295 g/mol. The highest BCUT2D eigenvalue weighted by Crippen LogP contribution is 2.25. The van der Waals surface area contributed by atoms with E-state index in [1.165, 1.54) is 19.1 Å². The van der Waals surface area contributed by atoms with Crippen LogP contribution in [0, 0.1) is 5.82 Å². The number of hydrogen-bond donors (Lipinski definition) is 2. The van der Waals surface area contributed by atoms with E-state index in [1.807, 2.05) is 0 Å². The van der Waals surface area contributed by atoms with E-state index in [4.69, 9.17) is 5.73 Å². The molecule has 116 valence electrons. The summed E-state index contributed by atoms with van der Waals surface area (Å²) < 4.78 is 12.9. The molecule has 22 heavy (non-hydrogen) atoms. The quantitative estimate of drug-likeness (QED) is 0.775. The van der Waals surface area contributed by atoms with Crippen LogP contribution in [0.2, 0.25) is 0 Å². The molecule has 3 N–H and O–H groups in total. The zero-order valence-corrected chi connectivity index (χ0v) is 11.6. The lowest BCUT2D eigenvalue weighted by Gasteiger charge is -2.19. The second-order valence-electron chi connectivity index (χ2n) is 4.64. The predicted octanol–water partition coefficient (Wildman–Crippen LogP) is 0.178. The maximum absolute atomic E-state index is 12.9. The zero-order valence-electron chi connectivity index (χ0n) is 11.6. The van der Waals surface area contributed by atoms with Gasteiger partial charge in [-0.2, -0.15) is 0 Å². The summed E-state index contributed by atoms with van der Waals surface area (Å²) in [5, 5.41) is 1.77. The summed E-state index contributed by atoms with van der Waals surface area (Å²) in [6.45, 7) is 0.859. The number of nitrogens with two attached hydrogens (primary N) is 1. The predicted molar refractivity (Wildman–Crippen MR) is 73.2 cm³/mol. The molecule has 9 heteroatoms. The van der Waals surface area contributed by atoms with Crippen molar-refractivity contribution >= 4 is 29.6 Å². The highest BCUT2D eigenvalue weighted by molar-refractivity contribution is 6.15. The molecule has 2 rings (SSSR count). The van der Waals surface area contributed by atoms with Crippen LogP contribution in [0.3, 0.4) is 0 Å². The van der Waals surface area contributed by atoms with Crippen LogP contribution in [0.5, 0.6) is 0 Å². The van der Waals surface area contributed by atoms with Crippen LogP contribution >= 0.6 is 0 Å². The molecule has 1 aliphatic rings. The van der Waals surface area contributed by atoms with E-state index >= 15 is 0 Å². The number of carbonyl (C=O) groups excluding carboxylic acids is 4. The molecular formula is C13H13FN4O4. The van der Waals surface area contributed by atoms with Gasteiger partial charge in [-0.25, -0.2) is 14.0 Å². The van der Waals surface area contributed by atoms with E-state index in [-0.39, 0.29) is 0 Å². The Hall–Kier alpha value is -2.97. The molecule has 1 unspecified atom stereocenters. The molecule has 1 atom stereocenters. The van der Waals surface area contributed by atoms with Gasteiger partial charge in [0, 0.05) is 5.69 Å². The van der Waals surface area contributed by atoms with Crippen LogP contribution in [0.1, 0.15) is 6.92 Å². The number of amides is 6. The molecule has 0 saturated carbocycles. The standard InChI is InChI=1S/C13H13FN4O4/c1-7-11(20)17(6-10(19)16-12(15)21)13(22)18(7)9-4-2-8(14)3-5-9/h2-5,7H,6H2,1H3,(H3,15,16,19,21). The molecule has 8 nitrogen and oxygen atoms in total. The van der Waals surface area contributed by atoms with E-state index in [0.717, 1.165) is 17.0 Å². The Labute approximate surface area is 124 Å². The van der Waals surface area contributed by atoms with Gasteiger partial charge in [-0.1, -0.05) is 0 Å². The minimum atomic E-state index is -1.08. The largest absolute Gasteiger partial charge is 0.351 e. The van der Waals surface area contributed by atoms with Crippen molar-refractivity contribution in [2.24, 2.45) is 5.73 Å². The fraction of sp³-hybridized carbons (Fsp3) is 0.231. The Morgan fingerprint density at radius 2 is 1.86 bits per heavy atom. The number of primary amides is 1. The summed E-state index contributed by atoms with van der Waals surface area (Å²) in [7, 11) is 0. The number of imide groups is 2. The summed E-state index contributed by atoms with van der Waals surface area (Å²) >= 11 is 0. The molecule has 0 bridgehead atoms. The Morgan fingerprint density at radius 3 is 2.41 bits per heavy atom. The highest BCUT2D eigenvalue weighted by Gasteiger charge is 2.44. The monoisotopic (exact) mass is 308 g/mol. The molecule has 6 amide bonds. The lowest BCUT2D eigenvalue weighted by Crippen LogP contribution is -2.44. The molecule has 0 radical (unpaired) electrons. The number of rotatable bonds is 3. The smallest absolute Gasteiger partial charge is 0.332 e. The van der Waals surface area contributed by atoms with Gasteiger partial charge in [0.1, 0.15) is 18.4 Å². The van der Waals surface area contributed by atoms with Gasteiger partial charge in [-0.15, -0.1) is 0 Å². The number of nitrogens with one attached hydrogen (secondary N) is 1. The normalized spacial score (nSPS) is 17.8. The van der Waals surface area contributed by atoms with Gasteiger partial charge in [0.15, 0.2) is 0 Å². The average molecular weight is 308 g/mol. The molecule has 1 aromatic rings. The molecule has 1 aliphatic heterocycles. The van der Waals surface area contributed by atoms with E-state index in [2.05, 4.69) is 0 Å². The maximum Gasteiger partial charge on any atom is 0.332 e. The summed E-state index contributed by atoms with van der Waals surface area (Å²) in [6.07, 6.45) is 0. The average Bonchev–Trinajstić information content (AvgIpc) is 2.63. The topological polar surface area (TPSA) is 113 Å². The molecule has 1 aromatic carbocycles. The fourth-order valence-electron chi connectivity index (χ4n) is 2.13. The molecule has 1 heterocycles. The molecule has 0 aliphatic carbocycles. The maximum atomic E-state index is 12.9. The van der Waals surface area contributed by atoms with Gasteiger partial charge in [0.05, 0.1) is 0 Å². The summed E-state index contributed by atoms with van der Waals surface area (Å²) in [6, 6.07) is 2.36. The van der Waals surface area contributed by atoms with Gasteiger partial charge >= 0.3 is 12.1 Å². The van der Waals surface area contributed by atoms with E-state index in [9.17, 15) is 23.6 Å². The molecule has 1 fully saturated rings. The van der Waals surface area contributed by atoms with Gasteiger partial charge in [-0.05, 0) is 31.2 Å². The number of benzene rings is 1. The van der Waals surface area contributed by atoms with Crippen molar-refractivity contribution in [2.45, 2.75) is 13.0 Å². The van der Waals surface area contributed by atoms with Crippen molar-refractivity contribution in [1.82, 2.24) is 10.2 Å². The van der Waals surface area contributed by atoms with Gasteiger partial charge < -0.3 is 5.73 Å². The zero-order chi connectivity index (χ0) is 16.4. The summed E-state index contributed by atoms with van der Waals surface area (Å²) in [5.41, 5.74) is 5.12. The Bertz CT molecular complexity index is 646. The molecule has 0 spiro atoms. The highest BCUT2D eigenvalue weighted by atomic mass is 19.1. The van der Waals surface area contributed by atoms with Crippen LogP contribution in [-0.4, -0.2) is 41.4 Å². The van der Waals surface area contributed by atoms with Crippen molar-refractivity contribution in [1.29, 1.82) is 0 Å². The third-order valence-electron chi connectivity index (χ3n) is 3.12. The fourth-order valence-corrected chi connectivity index (χ4v) is 2.13. The van der Waals surface area contributed by atoms with E-state index in [0.29, 0.717) is 10.6 Å². The first-order valence-electron chi connectivity index (χ1n) is 6.30. The van der Waals surface area contributed by atoms with E-state index in [1.54, 1.807) is 5.32 Å². The Balaban J connectivity index is 2.20. The van der Waals surface area contributed by atoms with Crippen LogP contribution in [0.4, 0.5) is 19.7 Å². The number of carbonyl (C=O) groups is 4. The number of hydrogen-bond acceptors (Lipinski definition) is 4. The number of nitrogens with zero attached hydrogens (tertiary/aromatic N) is 2. The number of halogens is 1.